The van der Waals surface area contributed by atoms with Gasteiger partial charge in [-0.25, -0.2) is 0 Å². The minimum atomic E-state index is -0.0507. The maximum Gasteiger partial charge on any atom is 0.234 e. The highest BCUT2D eigenvalue weighted by Crippen LogP contribution is 2.46. The van der Waals surface area contributed by atoms with Crippen LogP contribution in [0.25, 0.3) is 0 Å². The van der Waals surface area contributed by atoms with Gasteiger partial charge in [0, 0.05) is 17.3 Å². The molecule has 3 nitrogen and oxygen atoms in total. The summed E-state index contributed by atoms with van der Waals surface area (Å²) in [5, 5.41) is 0. The lowest BCUT2D eigenvalue weighted by molar-refractivity contribution is -0.134. The second kappa shape index (κ2) is 5.56. The average molecular weight is 350 g/mol. The number of rotatable bonds is 1. The van der Waals surface area contributed by atoms with Gasteiger partial charge >= 0.3 is 0 Å². The molecule has 1 spiro atoms. The quantitative estimate of drug-likeness (QED) is 0.706. The standard InChI is InChI=1S/C17H20BrNO2/c1-12-5-6-13(9-14(12)18)19-15(20)10-17(11-16(19)21)7-3-2-4-8-17/h5-6,9H,2-4,7-8,10-11H2,1H3. The predicted octanol–water partition coefficient (Wildman–Crippen LogP) is 4.36. The number of benzene rings is 1. The van der Waals surface area contributed by atoms with E-state index in [0.29, 0.717) is 18.5 Å². The van der Waals surface area contributed by atoms with Crippen molar-refractivity contribution >= 4 is 33.4 Å². The topological polar surface area (TPSA) is 37.4 Å². The summed E-state index contributed by atoms with van der Waals surface area (Å²) in [7, 11) is 0. The summed E-state index contributed by atoms with van der Waals surface area (Å²) in [4.78, 5) is 26.5. The van der Waals surface area contributed by atoms with E-state index < -0.39 is 0 Å². The highest BCUT2D eigenvalue weighted by atomic mass is 79.9. The molecule has 112 valence electrons. The van der Waals surface area contributed by atoms with Crippen LogP contribution in [-0.2, 0) is 9.59 Å². The Morgan fingerprint density at radius 1 is 1.05 bits per heavy atom. The Morgan fingerprint density at radius 2 is 1.67 bits per heavy atom. The monoisotopic (exact) mass is 349 g/mol. The Kier molecular flexibility index (Phi) is 3.91. The number of hydrogen-bond donors (Lipinski definition) is 0. The number of aryl methyl sites for hydroxylation is 1. The van der Waals surface area contributed by atoms with Crippen molar-refractivity contribution in [2.75, 3.05) is 4.90 Å². The molecule has 0 atom stereocenters. The number of carbonyl (C=O) groups excluding carboxylic acids is 2. The summed E-state index contributed by atoms with van der Waals surface area (Å²) in [5.41, 5.74) is 1.73. The number of imide groups is 1. The molecular weight excluding hydrogens is 330 g/mol. The predicted molar refractivity (Wildman–Crippen MR) is 86.1 cm³/mol. The Hall–Kier alpha value is -1.16. The fourth-order valence-corrected chi connectivity index (χ4v) is 4.03. The third-order valence-electron chi connectivity index (χ3n) is 4.88. The first-order chi connectivity index (χ1) is 10.0. The van der Waals surface area contributed by atoms with Crippen molar-refractivity contribution in [3.8, 4) is 0 Å². The Labute approximate surface area is 133 Å². The van der Waals surface area contributed by atoms with E-state index in [1.165, 1.54) is 11.3 Å². The lowest BCUT2D eigenvalue weighted by Gasteiger charge is -2.42. The summed E-state index contributed by atoms with van der Waals surface area (Å²) in [6, 6.07) is 5.66. The Balaban J connectivity index is 1.86. The Bertz CT molecular complexity index is 570. The summed E-state index contributed by atoms with van der Waals surface area (Å²) in [6.07, 6.45) is 6.62. The second-order valence-corrected chi connectivity index (χ2v) is 7.32. The largest absolute Gasteiger partial charge is 0.274 e. The second-order valence-electron chi connectivity index (χ2n) is 6.47. The molecule has 0 bridgehead atoms. The first-order valence-corrected chi connectivity index (χ1v) is 8.42. The van der Waals surface area contributed by atoms with Gasteiger partial charge in [-0.3, -0.25) is 14.5 Å². The molecule has 2 fully saturated rings. The van der Waals surface area contributed by atoms with E-state index in [1.54, 1.807) is 0 Å². The van der Waals surface area contributed by atoms with E-state index in [-0.39, 0.29) is 17.2 Å². The molecule has 1 saturated heterocycles. The average Bonchev–Trinajstić information content (AvgIpc) is 2.42. The zero-order chi connectivity index (χ0) is 15.0. The number of amides is 2. The summed E-state index contributed by atoms with van der Waals surface area (Å²) < 4.78 is 0.929. The number of halogens is 1. The van der Waals surface area contributed by atoms with Crippen LogP contribution in [0.2, 0.25) is 0 Å². The van der Waals surface area contributed by atoms with Gasteiger partial charge < -0.3 is 0 Å². The third-order valence-corrected chi connectivity index (χ3v) is 5.73. The third kappa shape index (κ3) is 2.78. The number of anilines is 1. The minimum Gasteiger partial charge on any atom is -0.274 e. The van der Waals surface area contributed by atoms with Crippen LogP contribution < -0.4 is 4.90 Å². The summed E-state index contributed by atoms with van der Waals surface area (Å²) in [5.74, 6) is -0.0761. The van der Waals surface area contributed by atoms with Crippen LogP contribution in [0.4, 0.5) is 5.69 Å². The highest BCUT2D eigenvalue weighted by molar-refractivity contribution is 9.10. The van der Waals surface area contributed by atoms with Crippen molar-refractivity contribution < 1.29 is 9.59 Å². The molecule has 0 unspecified atom stereocenters. The van der Waals surface area contributed by atoms with Crippen molar-refractivity contribution in [2.45, 2.75) is 51.9 Å². The fraction of sp³-hybridized carbons (Fsp3) is 0.529. The molecule has 1 aromatic carbocycles. The van der Waals surface area contributed by atoms with Crippen LogP contribution in [0.5, 0.6) is 0 Å². The SMILES string of the molecule is Cc1ccc(N2C(=O)CC3(CCCCC3)CC2=O)cc1Br. The van der Waals surface area contributed by atoms with Crippen molar-refractivity contribution in [1.29, 1.82) is 0 Å². The van der Waals surface area contributed by atoms with Crippen LogP contribution in [0.15, 0.2) is 22.7 Å². The maximum absolute atomic E-state index is 12.6. The molecule has 2 amide bonds. The van der Waals surface area contributed by atoms with Crippen LogP contribution in [0.3, 0.4) is 0 Å². The molecular formula is C17H20BrNO2. The normalized spacial score (nSPS) is 21.9. The van der Waals surface area contributed by atoms with Gasteiger partial charge in [0.05, 0.1) is 5.69 Å². The molecule has 0 N–H and O–H groups in total. The zero-order valence-electron chi connectivity index (χ0n) is 12.3. The van der Waals surface area contributed by atoms with Gasteiger partial charge in [-0.2, -0.15) is 0 Å². The number of carbonyl (C=O) groups is 2. The number of nitrogens with zero attached hydrogens (tertiary/aromatic N) is 1. The van der Waals surface area contributed by atoms with Crippen LogP contribution >= 0.6 is 15.9 Å². The molecule has 3 rings (SSSR count). The van der Waals surface area contributed by atoms with E-state index in [4.69, 9.17) is 0 Å². The molecule has 1 aliphatic heterocycles. The lowest BCUT2D eigenvalue weighted by Crippen LogP contribution is -2.48. The molecule has 0 radical (unpaired) electrons. The van der Waals surface area contributed by atoms with Crippen molar-refractivity contribution in [3.05, 3.63) is 28.2 Å². The van der Waals surface area contributed by atoms with Gasteiger partial charge in [0.1, 0.15) is 0 Å². The molecule has 0 aromatic heterocycles. The van der Waals surface area contributed by atoms with E-state index >= 15 is 0 Å². The molecule has 1 saturated carbocycles. The molecule has 21 heavy (non-hydrogen) atoms. The molecule has 1 aromatic rings. The van der Waals surface area contributed by atoms with Crippen LogP contribution in [0, 0.1) is 12.3 Å². The fourth-order valence-electron chi connectivity index (χ4n) is 3.67. The summed E-state index contributed by atoms with van der Waals surface area (Å²) >= 11 is 3.47. The van der Waals surface area contributed by atoms with Crippen molar-refractivity contribution in [3.63, 3.8) is 0 Å². The smallest absolute Gasteiger partial charge is 0.234 e. The van der Waals surface area contributed by atoms with Gasteiger partial charge in [0.25, 0.3) is 0 Å². The van der Waals surface area contributed by atoms with E-state index in [1.807, 2.05) is 25.1 Å². The number of hydrogen-bond acceptors (Lipinski definition) is 2. The zero-order valence-corrected chi connectivity index (χ0v) is 13.9. The van der Waals surface area contributed by atoms with Gasteiger partial charge in [-0.15, -0.1) is 0 Å². The lowest BCUT2D eigenvalue weighted by atomic mass is 9.67. The van der Waals surface area contributed by atoms with E-state index in [2.05, 4.69) is 15.9 Å². The maximum atomic E-state index is 12.6. The van der Waals surface area contributed by atoms with Crippen LogP contribution in [0.1, 0.15) is 50.5 Å². The van der Waals surface area contributed by atoms with E-state index in [9.17, 15) is 9.59 Å². The number of piperidine rings is 1. The first-order valence-electron chi connectivity index (χ1n) is 7.63. The highest BCUT2D eigenvalue weighted by Gasteiger charge is 2.44. The molecule has 1 aliphatic carbocycles. The van der Waals surface area contributed by atoms with E-state index in [0.717, 1.165) is 35.7 Å². The van der Waals surface area contributed by atoms with Gasteiger partial charge in [-0.05, 0) is 42.9 Å². The first kappa shape index (κ1) is 14.8. The van der Waals surface area contributed by atoms with Crippen molar-refractivity contribution in [1.82, 2.24) is 0 Å². The van der Waals surface area contributed by atoms with Gasteiger partial charge in [-0.1, -0.05) is 41.3 Å². The van der Waals surface area contributed by atoms with Gasteiger partial charge in [0.15, 0.2) is 0 Å². The van der Waals surface area contributed by atoms with Gasteiger partial charge in [0.2, 0.25) is 11.8 Å². The molecule has 2 aliphatic rings. The van der Waals surface area contributed by atoms with Crippen LogP contribution in [-0.4, -0.2) is 11.8 Å². The minimum absolute atomic E-state index is 0.0381. The molecule has 4 heteroatoms. The summed E-state index contributed by atoms with van der Waals surface area (Å²) in [6.45, 7) is 1.99. The molecule has 1 heterocycles. The Morgan fingerprint density at radius 3 is 2.24 bits per heavy atom. The van der Waals surface area contributed by atoms with Crippen molar-refractivity contribution in [2.24, 2.45) is 5.41 Å².